The van der Waals surface area contributed by atoms with Crippen molar-refractivity contribution in [1.29, 1.82) is 0 Å². The maximum atomic E-state index is 11.8. The van der Waals surface area contributed by atoms with Crippen LogP contribution in [0.2, 0.25) is 0 Å². The molecule has 1 rings (SSSR count). The summed E-state index contributed by atoms with van der Waals surface area (Å²) in [5.41, 5.74) is 0. The summed E-state index contributed by atoms with van der Waals surface area (Å²) in [6, 6.07) is 0. The Hall–Kier alpha value is -0.220. The van der Waals surface area contributed by atoms with Crippen LogP contribution in [0.4, 0.5) is 0 Å². The lowest BCUT2D eigenvalue weighted by atomic mass is 10.1. The van der Waals surface area contributed by atoms with Crippen LogP contribution in [0.5, 0.6) is 0 Å². The molecular formula is C11H22N2OS. The molecule has 88 valence electrons. The third-order valence-electron chi connectivity index (χ3n) is 2.72. The van der Waals surface area contributed by atoms with Crippen LogP contribution in [-0.2, 0) is 4.79 Å². The molecule has 0 aromatic carbocycles. The van der Waals surface area contributed by atoms with Gasteiger partial charge in [0, 0.05) is 23.6 Å². The van der Waals surface area contributed by atoms with Crippen LogP contribution in [0.1, 0.15) is 27.2 Å². The lowest BCUT2D eigenvalue weighted by Gasteiger charge is -2.22. The molecule has 0 aromatic rings. The highest BCUT2D eigenvalue weighted by Crippen LogP contribution is 2.30. The van der Waals surface area contributed by atoms with Crippen molar-refractivity contribution in [3.63, 3.8) is 0 Å². The first kappa shape index (κ1) is 12.8. The second kappa shape index (κ2) is 5.75. The summed E-state index contributed by atoms with van der Waals surface area (Å²) in [6.45, 7) is 9.70. The molecule has 0 saturated carbocycles. The Bertz CT molecular complexity index is 219. The van der Waals surface area contributed by atoms with Gasteiger partial charge in [0.15, 0.2) is 0 Å². The van der Waals surface area contributed by atoms with Crippen LogP contribution in [0.25, 0.3) is 0 Å². The maximum Gasteiger partial charge on any atom is 0.236 e. The van der Waals surface area contributed by atoms with Gasteiger partial charge in [0.05, 0.1) is 6.54 Å². The maximum absolute atomic E-state index is 11.8. The number of likely N-dealkylation sites (N-methyl/N-ethyl adjacent to an activating group) is 1. The summed E-state index contributed by atoms with van der Waals surface area (Å²) >= 11 is 1.97. The van der Waals surface area contributed by atoms with Crippen molar-refractivity contribution < 1.29 is 4.79 Å². The first-order valence-corrected chi connectivity index (χ1v) is 6.66. The summed E-state index contributed by atoms with van der Waals surface area (Å²) < 4.78 is 0.327. The highest BCUT2D eigenvalue weighted by molar-refractivity contribution is 8.00. The molecule has 1 N–H and O–H groups in total. The van der Waals surface area contributed by atoms with E-state index < -0.39 is 0 Å². The van der Waals surface area contributed by atoms with Crippen molar-refractivity contribution in [2.75, 3.05) is 31.9 Å². The molecule has 0 atom stereocenters. The molecule has 1 saturated heterocycles. The number of carbonyl (C=O) groups excluding carboxylic acids is 1. The Labute approximate surface area is 97.0 Å². The zero-order chi connectivity index (χ0) is 11.3. The van der Waals surface area contributed by atoms with Crippen molar-refractivity contribution in [3.05, 3.63) is 0 Å². The topological polar surface area (TPSA) is 32.3 Å². The highest BCUT2D eigenvalue weighted by atomic mass is 32.2. The summed E-state index contributed by atoms with van der Waals surface area (Å²) in [5.74, 6) is 1.31. The number of amides is 1. The standard InChI is InChI=1S/C11H22N2OS/c1-4-12-9-10(14)13-6-5-11(2,3)15-8-7-13/h12H,4-9H2,1-3H3. The second-order valence-electron chi connectivity index (χ2n) is 4.52. The molecule has 0 aromatic heterocycles. The predicted octanol–water partition coefficient (Wildman–Crippen LogP) is 1.34. The Balaban J connectivity index is 2.40. The molecule has 1 aliphatic heterocycles. The van der Waals surface area contributed by atoms with E-state index in [0.717, 1.165) is 31.8 Å². The minimum atomic E-state index is 0.246. The van der Waals surface area contributed by atoms with Crippen LogP contribution < -0.4 is 5.32 Å². The SMILES string of the molecule is CCNCC(=O)N1CCSC(C)(C)CC1. The predicted molar refractivity (Wildman–Crippen MR) is 66.3 cm³/mol. The van der Waals surface area contributed by atoms with E-state index in [0.29, 0.717) is 11.3 Å². The normalized spacial score (nSPS) is 21.1. The van der Waals surface area contributed by atoms with Gasteiger partial charge < -0.3 is 10.2 Å². The Morgan fingerprint density at radius 3 is 2.87 bits per heavy atom. The lowest BCUT2D eigenvalue weighted by molar-refractivity contribution is -0.130. The van der Waals surface area contributed by atoms with Crippen molar-refractivity contribution in [3.8, 4) is 0 Å². The molecule has 1 amide bonds. The monoisotopic (exact) mass is 230 g/mol. The summed E-state index contributed by atoms with van der Waals surface area (Å²) in [4.78, 5) is 13.8. The molecule has 1 heterocycles. The minimum Gasteiger partial charge on any atom is -0.341 e. The molecule has 4 heteroatoms. The van der Waals surface area contributed by atoms with Gasteiger partial charge in [-0.3, -0.25) is 4.79 Å². The quantitative estimate of drug-likeness (QED) is 0.794. The van der Waals surface area contributed by atoms with Gasteiger partial charge >= 0.3 is 0 Å². The van der Waals surface area contributed by atoms with Crippen molar-refractivity contribution >= 4 is 17.7 Å². The lowest BCUT2D eigenvalue weighted by Crippen LogP contribution is -2.39. The van der Waals surface area contributed by atoms with E-state index in [2.05, 4.69) is 19.2 Å². The van der Waals surface area contributed by atoms with E-state index in [1.54, 1.807) is 0 Å². The van der Waals surface area contributed by atoms with Crippen LogP contribution in [-0.4, -0.2) is 47.5 Å². The van der Waals surface area contributed by atoms with Gasteiger partial charge in [0.1, 0.15) is 0 Å². The first-order chi connectivity index (χ1) is 7.05. The van der Waals surface area contributed by atoms with E-state index in [9.17, 15) is 4.79 Å². The average molecular weight is 230 g/mol. The molecule has 0 bridgehead atoms. The van der Waals surface area contributed by atoms with Crippen LogP contribution in [0.15, 0.2) is 0 Å². The van der Waals surface area contributed by atoms with Gasteiger partial charge in [-0.05, 0) is 13.0 Å². The third kappa shape index (κ3) is 4.43. The van der Waals surface area contributed by atoms with Crippen LogP contribution in [0, 0.1) is 0 Å². The smallest absolute Gasteiger partial charge is 0.236 e. The fourth-order valence-electron chi connectivity index (χ4n) is 1.61. The van der Waals surface area contributed by atoms with E-state index >= 15 is 0 Å². The molecule has 15 heavy (non-hydrogen) atoms. The number of hydrogen-bond donors (Lipinski definition) is 1. The number of nitrogens with zero attached hydrogens (tertiary/aromatic N) is 1. The van der Waals surface area contributed by atoms with Gasteiger partial charge in [-0.15, -0.1) is 0 Å². The van der Waals surface area contributed by atoms with Gasteiger partial charge in [0.2, 0.25) is 5.91 Å². The first-order valence-electron chi connectivity index (χ1n) is 5.67. The van der Waals surface area contributed by atoms with E-state index in [1.807, 2.05) is 23.6 Å². The molecule has 0 radical (unpaired) electrons. The number of carbonyl (C=O) groups is 1. The average Bonchev–Trinajstić information content (AvgIpc) is 2.36. The molecule has 1 aliphatic rings. The Kier molecular flexibility index (Phi) is 4.93. The van der Waals surface area contributed by atoms with Gasteiger partial charge in [-0.2, -0.15) is 11.8 Å². The fourth-order valence-corrected chi connectivity index (χ4v) is 2.71. The minimum absolute atomic E-state index is 0.246. The van der Waals surface area contributed by atoms with Gasteiger partial charge in [0.25, 0.3) is 0 Å². The van der Waals surface area contributed by atoms with Crippen molar-refractivity contribution in [2.45, 2.75) is 31.9 Å². The fraction of sp³-hybridized carbons (Fsp3) is 0.909. The molecular weight excluding hydrogens is 208 g/mol. The zero-order valence-corrected chi connectivity index (χ0v) is 10.8. The van der Waals surface area contributed by atoms with Crippen molar-refractivity contribution in [1.82, 2.24) is 10.2 Å². The Morgan fingerprint density at radius 2 is 2.20 bits per heavy atom. The molecule has 1 fully saturated rings. The van der Waals surface area contributed by atoms with E-state index in [4.69, 9.17) is 0 Å². The third-order valence-corrected chi connectivity index (χ3v) is 4.09. The number of thioether (sulfide) groups is 1. The van der Waals surface area contributed by atoms with Gasteiger partial charge in [-0.25, -0.2) is 0 Å². The van der Waals surface area contributed by atoms with Crippen LogP contribution >= 0.6 is 11.8 Å². The molecule has 0 aliphatic carbocycles. The number of rotatable bonds is 3. The molecule has 0 spiro atoms. The second-order valence-corrected chi connectivity index (χ2v) is 6.32. The summed E-state index contributed by atoms with van der Waals surface area (Å²) in [7, 11) is 0. The Morgan fingerprint density at radius 1 is 1.47 bits per heavy atom. The van der Waals surface area contributed by atoms with E-state index in [-0.39, 0.29) is 5.91 Å². The van der Waals surface area contributed by atoms with E-state index in [1.165, 1.54) is 0 Å². The van der Waals surface area contributed by atoms with Crippen LogP contribution in [0.3, 0.4) is 0 Å². The number of nitrogens with one attached hydrogen (secondary N) is 1. The number of hydrogen-bond acceptors (Lipinski definition) is 3. The largest absolute Gasteiger partial charge is 0.341 e. The molecule has 0 unspecified atom stereocenters. The van der Waals surface area contributed by atoms with Crippen molar-refractivity contribution in [2.24, 2.45) is 0 Å². The summed E-state index contributed by atoms with van der Waals surface area (Å²) in [6.07, 6.45) is 1.09. The highest BCUT2D eigenvalue weighted by Gasteiger charge is 2.25. The molecule has 3 nitrogen and oxygen atoms in total. The summed E-state index contributed by atoms with van der Waals surface area (Å²) in [5, 5.41) is 3.09. The zero-order valence-electron chi connectivity index (χ0n) is 10.0. The van der Waals surface area contributed by atoms with Gasteiger partial charge in [-0.1, -0.05) is 20.8 Å².